The van der Waals surface area contributed by atoms with Gasteiger partial charge in [0.2, 0.25) is 0 Å². The number of rotatable bonds is 1. The van der Waals surface area contributed by atoms with Crippen LogP contribution in [0, 0.1) is 11.8 Å². The van der Waals surface area contributed by atoms with E-state index in [1.54, 1.807) is 0 Å². The summed E-state index contributed by atoms with van der Waals surface area (Å²) in [4.78, 5) is 11.1. The van der Waals surface area contributed by atoms with Gasteiger partial charge in [-0.05, 0) is 18.8 Å². The van der Waals surface area contributed by atoms with Crippen molar-refractivity contribution in [2.45, 2.75) is 32.6 Å². The molecule has 0 spiro atoms. The van der Waals surface area contributed by atoms with E-state index in [2.05, 4.69) is 6.92 Å². The summed E-state index contributed by atoms with van der Waals surface area (Å²) in [5.41, 5.74) is 0. The van der Waals surface area contributed by atoms with Crippen LogP contribution in [0.5, 0.6) is 0 Å². The van der Waals surface area contributed by atoms with Crippen molar-refractivity contribution < 1.29 is 9.53 Å². The third-order valence-corrected chi connectivity index (χ3v) is 2.39. The minimum Gasteiger partial charge on any atom is -0.469 e. The van der Waals surface area contributed by atoms with Crippen molar-refractivity contribution in [3.8, 4) is 0 Å². The number of hydrogen-bond donors (Lipinski definition) is 0. The molecule has 0 aliphatic heterocycles. The highest BCUT2D eigenvalue weighted by atomic mass is 16.5. The lowest BCUT2D eigenvalue weighted by molar-refractivity contribution is -0.145. The van der Waals surface area contributed by atoms with E-state index >= 15 is 0 Å². The van der Waals surface area contributed by atoms with Gasteiger partial charge in [0.15, 0.2) is 0 Å². The Bertz CT molecular complexity index is 142. The Hall–Kier alpha value is -0.530. The summed E-state index contributed by atoms with van der Waals surface area (Å²) in [6.45, 7) is 2.06. The fourth-order valence-electron chi connectivity index (χ4n) is 1.63. The second-order valence-electron chi connectivity index (χ2n) is 3.17. The lowest BCUT2D eigenvalue weighted by Gasteiger charge is -2.25. The van der Waals surface area contributed by atoms with E-state index in [1.807, 2.05) is 0 Å². The molecule has 0 saturated heterocycles. The molecule has 0 aromatic heterocycles. The van der Waals surface area contributed by atoms with Gasteiger partial charge in [-0.3, -0.25) is 4.79 Å². The van der Waals surface area contributed by atoms with Crippen LogP contribution in [0.3, 0.4) is 0 Å². The summed E-state index contributed by atoms with van der Waals surface area (Å²) in [5, 5.41) is 0. The quantitative estimate of drug-likeness (QED) is 0.541. The standard InChI is InChI=1S/C9H15O2/c1-7-5-3-4-6-8(7)9(10)11-2/h8H,3-6H2,1-2H3. The molecule has 2 heteroatoms. The van der Waals surface area contributed by atoms with Crippen LogP contribution in [0.1, 0.15) is 32.6 Å². The lowest BCUT2D eigenvalue weighted by atomic mass is 9.80. The van der Waals surface area contributed by atoms with Gasteiger partial charge < -0.3 is 4.74 Å². The maximum atomic E-state index is 11.1. The predicted molar refractivity (Wildman–Crippen MR) is 42.9 cm³/mol. The second kappa shape index (κ2) is 3.74. The Kier molecular flexibility index (Phi) is 2.92. The maximum absolute atomic E-state index is 11.1. The Morgan fingerprint density at radius 1 is 1.55 bits per heavy atom. The molecule has 1 radical (unpaired) electrons. The summed E-state index contributed by atoms with van der Waals surface area (Å²) in [5.74, 6) is 1.33. The molecule has 0 amide bonds. The minimum atomic E-state index is -0.0535. The predicted octanol–water partition coefficient (Wildman–Crippen LogP) is 1.94. The van der Waals surface area contributed by atoms with Crippen LogP contribution in [0.15, 0.2) is 0 Å². The highest BCUT2D eigenvalue weighted by Crippen LogP contribution is 2.31. The van der Waals surface area contributed by atoms with Crippen molar-refractivity contribution in [3.63, 3.8) is 0 Å². The fraction of sp³-hybridized carbons (Fsp3) is 0.778. The van der Waals surface area contributed by atoms with Gasteiger partial charge in [-0.25, -0.2) is 0 Å². The summed E-state index contributed by atoms with van der Waals surface area (Å²) in [6.07, 6.45) is 4.48. The van der Waals surface area contributed by atoms with E-state index in [4.69, 9.17) is 4.74 Å². The van der Waals surface area contributed by atoms with Crippen molar-refractivity contribution in [2.75, 3.05) is 7.11 Å². The van der Waals surface area contributed by atoms with Gasteiger partial charge >= 0.3 is 5.97 Å². The van der Waals surface area contributed by atoms with E-state index in [1.165, 1.54) is 19.4 Å². The number of carbonyl (C=O) groups is 1. The van der Waals surface area contributed by atoms with Gasteiger partial charge in [0.1, 0.15) is 0 Å². The molecule has 0 N–H and O–H groups in total. The fourth-order valence-corrected chi connectivity index (χ4v) is 1.63. The van der Waals surface area contributed by atoms with Gasteiger partial charge in [0, 0.05) is 0 Å². The molecule has 0 aromatic rings. The smallest absolute Gasteiger partial charge is 0.309 e. The average molecular weight is 155 g/mol. The van der Waals surface area contributed by atoms with Crippen LogP contribution >= 0.6 is 0 Å². The normalized spacial score (nSPS) is 26.5. The molecule has 0 aromatic carbocycles. The van der Waals surface area contributed by atoms with E-state index in [-0.39, 0.29) is 11.9 Å². The van der Waals surface area contributed by atoms with Crippen LogP contribution in [0.4, 0.5) is 0 Å². The molecular weight excluding hydrogens is 140 g/mol. The van der Waals surface area contributed by atoms with Crippen LogP contribution in [-0.2, 0) is 9.53 Å². The van der Waals surface area contributed by atoms with Crippen molar-refractivity contribution >= 4 is 5.97 Å². The summed E-state index contributed by atoms with van der Waals surface area (Å²) >= 11 is 0. The topological polar surface area (TPSA) is 26.3 Å². The third-order valence-electron chi connectivity index (χ3n) is 2.39. The first-order valence-electron chi connectivity index (χ1n) is 4.16. The van der Waals surface area contributed by atoms with Crippen LogP contribution in [0.2, 0.25) is 0 Å². The molecule has 1 fully saturated rings. The molecule has 63 valence electrons. The zero-order chi connectivity index (χ0) is 8.27. The molecule has 11 heavy (non-hydrogen) atoms. The van der Waals surface area contributed by atoms with Crippen LogP contribution in [0.25, 0.3) is 0 Å². The van der Waals surface area contributed by atoms with Crippen LogP contribution < -0.4 is 0 Å². The molecule has 1 atom stereocenters. The monoisotopic (exact) mass is 155 g/mol. The van der Waals surface area contributed by atoms with Crippen molar-refractivity contribution in [1.82, 2.24) is 0 Å². The van der Waals surface area contributed by atoms with E-state index < -0.39 is 0 Å². The Morgan fingerprint density at radius 3 is 2.82 bits per heavy atom. The molecule has 1 unspecified atom stereocenters. The zero-order valence-corrected chi connectivity index (χ0v) is 7.22. The average Bonchev–Trinajstić information content (AvgIpc) is 2.04. The maximum Gasteiger partial charge on any atom is 0.309 e. The third kappa shape index (κ3) is 1.95. The summed E-state index contributed by atoms with van der Waals surface area (Å²) in [7, 11) is 1.46. The Balaban J connectivity index is 2.47. The van der Waals surface area contributed by atoms with Gasteiger partial charge in [0.05, 0.1) is 13.0 Å². The largest absolute Gasteiger partial charge is 0.469 e. The Labute approximate surface area is 67.9 Å². The number of methoxy groups -OCH3 is 1. The molecule has 0 heterocycles. The van der Waals surface area contributed by atoms with Crippen molar-refractivity contribution in [2.24, 2.45) is 5.92 Å². The van der Waals surface area contributed by atoms with Gasteiger partial charge in [-0.15, -0.1) is 0 Å². The summed E-state index contributed by atoms with van der Waals surface area (Å²) in [6, 6.07) is 0. The van der Waals surface area contributed by atoms with Gasteiger partial charge in [0.25, 0.3) is 0 Å². The lowest BCUT2D eigenvalue weighted by Crippen LogP contribution is -2.24. The minimum absolute atomic E-state index is 0.0535. The first-order chi connectivity index (χ1) is 5.25. The van der Waals surface area contributed by atoms with Gasteiger partial charge in [-0.2, -0.15) is 0 Å². The molecule has 1 rings (SSSR count). The molecule has 0 bridgehead atoms. The summed E-state index contributed by atoms with van der Waals surface area (Å²) < 4.78 is 4.70. The van der Waals surface area contributed by atoms with E-state index in [0.717, 1.165) is 19.3 Å². The van der Waals surface area contributed by atoms with E-state index in [9.17, 15) is 4.79 Å². The molecule has 1 aliphatic rings. The molecule has 1 saturated carbocycles. The van der Waals surface area contributed by atoms with Crippen LogP contribution in [-0.4, -0.2) is 13.1 Å². The Morgan fingerprint density at radius 2 is 2.27 bits per heavy atom. The number of hydrogen-bond acceptors (Lipinski definition) is 2. The second-order valence-corrected chi connectivity index (χ2v) is 3.17. The number of carbonyl (C=O) groups excluding carboxylic acids is 1. The van der Waals surface area contributed by atoms with E-state index in [0.29, 0.717) is 0 Å². The first kappa shape index (κ1) is 8.57. The highest BCUT2D eigenvalue weighted by Gasteiger charge is 2.28. The van der Waals surface area contributed by atoms with Gasteiger partial charge in [-0.1, -0.05) is 19.8 Å². The molecule has 1 aliphatic carbocycles. The highest BCUT2D eigenvalue weighted by molar-refractivity contribution is 5.74. The first-order valence-corrected chi connectivity index (χ1v) is 4.16. The molecular formula is C9H15O2. The van der Waals surface area contributed by atoms with Crippen molar-refractivity contribution in [1.29, 1.82) is 0 Å². The molecule has 2 nitrogen and oxygen atoms in total. The number of esters is 1. The van der Waals surface area contributed by atoms with Crippen molar-refractivity contribution in [3.05, 3.63) is 5.92 Å². The SMILES string of the molecule is COC(=O)C1CCCC[C]1C. The number of ether oxygens (including phenoxy) is 1. The zero-order valence-electron chi connectivity index (χ0n) is 7.22.